The lowest BCUT2D eigenvalue weighted by molar-refractivity contribution is -0.117. The topological polar surface area (TPSA) is 61.4 Å². The molecule has 3 rings (SSSR count). The summed E-state index contributed by atoms with van der Waals surface area (Å²) in [5.41, 5.74) is 3.43. The van der Waals surface area contributed by atoms with Crippen LogP contribution in [0.3, 0.4) is 0 Å². The van der Waals surface area contributed by atoms with Crippen molar-refractivity contribution in [2.24, 2.45) is 0 Å². The van der Waals surface area contributed by atoms with E-state index in [2.05, 4.69) is 10.6 Å². The van der Waals surface area contributed by atoms with Crippen molar-refractivity contribution in [3.05, 3.63) is 102 Å². The van der Waals surface area contributed by atoms with Gasteiger partial charge in [0.1, 0.15) is 0 Å². The lowest BCUT2D eigenvalue weighted by atomic mass is 10.1. The zero-order valence-corrected chi connectivity index (χ0v) is 16.5. The van der Waals surface area contributed by atoms with Crippen LogP contribution in [-0.2, 0) is 17.9 Å². The first kappa shape index (κ1) is 20.3. The highest BCUT2D eigenvalue weighted by Crippen LogP contribution is 2.10. The van der Waals surface area contributed by atoms with E-state index >= 15 is 0 Å². The molecule has 0 aliphatic heterocycles. The fourth-order valence-corrected chi connectivity index (χ4v) is 2.98. The molecule has 0 atom stereocenters. The third-order valence-electron chi connectivity index (χ3n) is 4.44. The number of amides is 2. The van der Waals surface area contributed by atoms with Gasteiger partial charge in [0.05, 0.1) is 6.54 Å². The Morgan fingerprint density at radius 3 is 2.00 bits per heavy atom. The van der Waals surface area contributed by atoms with E-state index in [9.17, 15) is 9.59 Å². The maximum absolute atomic E-state index is 12.3. The van der Waals surface area contributed by atoms with Gasteiger partial charge in [-0.05, 0) is 42.4 Å². The number of carbonyl (C=O) groups is 2. The fraction of sp³-hybridized carbons (Fsp3) is 0.167. The average molecular weight is 387 g/mol. The molecule has 0 radical (unpaired) electrons. The van der Waals surface area contributed by atoms with Crippen LogP contribution in [0.15, 0.2) is 84.9 Å². The number of hydrogen-bond donors (Lipinski definition) is 2. The molecule has 2 N–H and O–H groups in total. The standard InChI is InChI=1S/C24H25N3O2/c1-27(17-20-10-6-3-7-11-20)18-23(28)26-22-14-12-21(13-15-22)24(29)25-16-19-8-4-2-5-9-19/h2-15H,16-18H2,1H3,(H,25,29)(H,26,28). The van der Waals surface area contributed by atoms with Crippen LogP contribution >= 0.6 is 0 Å². The molecule has 0 aromatic heterocycles. The van der Waals surface area contributed by atoms with Crippen molar-refractivity contribution in [3.63, 3.8) is 0 Å². The normalized spacial score (nSPS) is 10.6. The smallest absolute Gasteiger partial charge is 0.251 e. The summed E-state index contributed by atoms with van der Waals surface area (Å²) in [7, 11) is 1.91. The predicted molar refractivity (Wildman–Crippen MR) is 115 cm³/mol. The van der Waals surface area contributed by atoms with Gasteiger partial charge in [-0.15, -0.1) is 0 Å². The van der Waals surface area contributed by atoms with Crippen molar-refractivity contribution < 1.29 is 9.59 Å². The summed E-state index contributed by atoms with van der Waals surface area (Å²) >= 11 is 0. The number of nitrogens with one attached hydrogen (secondary N) is 2. The number of nitrogens with zero attached hydrogens (tertiary/aromatic N) is 1. The van der Waals surface area contributed by atoms with E-state index in [4.69, 9.17) is 0 Å². The van der Waals surface area contributed by atoms with Crippen molar-refractivity contribution in [3.8, 4) is 0 Å². The van der Waals surface area contributed by atoms with Crippen molar-refractivity contribution >= 4 is 17.5 Å². The number of rotatable bonds is 8. The van der Waals surface area contributed by atoms with Gasteiger partial charge in [-0.3, -0.25) is 14.5 Å². The minimum Gasteiger partial charge on any atom is -0.348 e. The summed E-state index contributed by atoms with van der Waals surface area (Å²) in [6.07, 6.45) is 0. The number of anilines is 1. The molecule has 5 heteroatoms. The molecular weight excluding hydrogens is 362 g/mol. The average Bonchev–Trinajstić information content (AvgIpc) is 2.74. The molecule has 0 unspecified atom stereocenters. The maximum atomic E-state index is 12.3. The second kappa shape index (κ2) is 10.2. The third kappa shape index (κ3) is 6.59. The molecule has 0 spiro atoms. The first-order valence-electron chi connectivity index (χ1n) is 9.54. The molecule has 29 heavy (non-hydrogen) atoms. The predicted octanol–water partition coefficient (Wildman–Crippen LogP) is 3.69. The van der Waals surface area contributed by atoms with Crippen LogP contribution in [0.5, 0.6) is 0 Å². The molecule has 0 saturated carbocycles. The molecular formula is C24H25N3O2. The molecule has 0 fully saturated rings. The Morgan fingerprint density at radius 1 is 0.793 bits per heavy atom. The van der Waals surface area contributed by atoms with Gasteiger partial charge in [-0.2, -0.15) is 0 Å². The Morgan fingerprint density at radius 2 is 1.38 bits per heavy atom. The Kier molecular flexibility index (Phi) is 7.14. The Bertz CT molecular complexity index is 925. The second-order valence-corrected chi connectivity index (χ2v) is 6.95. The fourth-order valence-electron chi connectivity index (χ4n) is 2.98. The molecule has 0 aliphatic carbocycles. The largest absolute Gasteiger partial charge is 0.348 e. The van der Waals surface area contributed by atoms with Crippen LogP contribution < -0.4 is 10.6 Å². The first-order valence-corrected chi connectivity index (χ1v) is 9.54. The van der Waals surface area contributed by atoms with E-state index in [-0.39, 0.29) is 18.4 Å². The van der Waals surface area contributed by atoms with E-state index in [1.807, 2.05) is 72.6 Å². The van der Waals surface area contributed by atoms with Crippen molar-refractivity contribution in [2.75, 3.05) is 18.9 Å². The highest BCUT2D eigenvalue weighted by atomic mass is 16.2. The van der Waals surface area contributed by atoms with E-state index in [0.717, 1.165) is 11.1 Å². The van der Waals surface area contributed by atoms with Gasteiger partial charge < -0.3 is 10.6 Å². The van der Waals surface area contributed by atoms with Gasteiger partial charge in [0.25, 0.3) is 5.91 Å². The van der Waals surface area contributed by atoms with E-state index < -0.39 is 0 Å². The SMILES string of the molecule is CN(CC(=O)Nc1ccc(C(=O)NCc2ccccc2)cc1)Cc1ccccc1. The van der Waals surface area contributed by atoms with Gasteiger partial charge in [-0.1, -0.05) is 60.7 Å². The molecule has 0 bridgehead atoms. The van der Waals surface area contributed by atoms with E-state index in [1.54, 1.807) is 24.3 Å². The quantitative estimate of drug-likeness (QED) is 0.620. The molecule has 0 heterocycles. The van der Waals surface area contributed by atoms with Crippen LogP contribution in [0.4, 0.5) is 5.69 Å². The van der Waals surface area contributed by atoms with Gasteiger partial charge in [0, 0.05) is 24.3 Å². The van der Waals surface area contributed by atoms with Crippen LogP contribution in [-0.4, -0.2) is 30.3 Å². The number of benzene rings is 3. The lowest BCUT2D eigenvalue weighted by Crippen LogP contribution is -2.29. The number of hydrogen-bond acceptors (Lipinski definition) is 3. The molecule has 148 valence electrons. The Labute approximate surface area is 171 Å². The monoisotopic (exact) mass is 387 g/mol. The highest BCUT2D eigenvalue weighted by molar-refractivity contribution is 5.96. The molecule has 3 aromatic rings. The number of carbonyl (C=O) groups excluding carboxylic acids is 2. The molecule has 0 aliphatic rings. The van der Waals surface area contributed by atoms with Crippen LogP contribution in [0, 0.1) is 0 Å². The zero-order valence-electron chi connectivity index (χ0n) is 16.5. The third-order valence-corrected chi connectivity index (χ3v) is 4.44. The Hall–Kier alpha value is -3.44. The zero-order chi connectivity index (χ0) is 20.5. The van der Waals surface area contributed by atoms with Crippen LogP contribution in [0.1, 0.15) is 21.5 Å². The Balaban J connectivity index is 1.46. The summed E-state index contributed by atoms with van der Waals surface area (Å²) in [5, 5.41) is 5.76. The summed E-state index contributed by atoms with van der Waals surface area (Å²) < 4.78 is 0. The maximum Gasteiger partial charge on any atom is 0.251 e. The number of likely N-dealkylation sites (N-methyl/N-ethyl adjacent to an activating group) is 1. The second-order valence-electron chi connectivity index (χ2n) is 6.95. The molecule has 3 aromatic carbocycles. The van der Waals surface area contributed by atoms with Crippen molar-refractivity contribution in [2.45, 2.75) is 13.1 Å². The minimum atomic E-state index is -0.144. The van der Waals surface area contributed by atoms with Crippen molar-refractivity contribution in [1.29, 1.82) is 0 Å². The van der Waals surface area contributed by atoms with Gasteiger partial charge in [0.15, 0.2) is 0 Å². The van der Waals surface area contributed by atoms with Crippen LogP contribution in [0.25, 0.3) is 0 Å². The lowest BCUT2D eigenvalue weighted by Gasteiger charge is -2.16. The minimum absolute atomic E-state index is 0.0929. The summed E-state index contributed by atoms with van der Waals surface area (Å²) in [6.45, 7) is 1.47. The highest BCUT2D eigenvalue weighted by Gasteiger charge is 2.09. The molecule has 2 amide bonds. The first-order chi connectivity index (χ1) is 14.1. The summed E-state index contributed by atoms with van der Waals surface area (Å²) in [6, 6.07) is 26.7. The molecule has 0 saturated heterocycles. The van der Waals surface area contributed by atoms with E-state index in [1.165, 1.54) is 0 Å². The van der Waals surface area contributed by atoms with E-state index in [0.29, 0.717) is 24.3 Å². The van der Waals surface area contributed by atoms with Gasteiger partial charge >= 0.3 is 0 Å². The van der Waals surface area contributed by atoms with Gasteiger partial charge in [0.2, 0.25) is 5.91 Å². The van der Waals surface area contributed by atoms with Crippen LogP contribution in [0.2, 0.25) is 0 Å². The van der Waals surface area contributed by atoms with Crippen molar-refractivity contribution in [1.82, 2.24) is 10.2 Å². The molecule has 5 nitrogen and oxygen atoms in total. The summed E-state index contributed by atoms with van der Waals surface area (Å²) in [4.78, 5) is 26.5. The van der Waals surface area contributed by atoms with Gasteiger partial charge in [-0.25, -0.2) is 0 Å². The summed E-state index contributed by atoms with van der Waals surface area (Å²) in [5.74, 6) is -0.237.